The monoisotopic (exact) mass is 475 g/mol. The summed E-state index contributed by atoms with van der Waals surface area (Å²) in [5, 5.41) is 2.79. The number of anilines is 1. The number of ether oxygens (including phenoxy) is 2. The van der Waals surface area contributed by atoms with Crippen LogP contribution in [-0.2, 0) is 14.3 Å². The summed E-state index contributed by atoms with van der Waals surface area (Å²) in [6.07, 6.45) is 2.36. The molecule has 1 heterocycles. The molecule has 0 fully saturated rings. The van der Waals surface area contributed by atoms with Gasteiger partial charge in [0.05, 0.1) is 23.6 Å². The Kier molecular flexibility index (Phi) is 8.76. The minimum atomic E-state index is -0.872. The van der Waals surface area contributed by atoms with Gasteiger partial charge in [-0.3, -0.25) is 9.79 Å². The van der Waals surface area contributed by atoms with Gasteiger partial charge in [-0.25, -0.2) is 23.5 Å². The number of hydrogen-bond acceptors (Lipinski definition) is 9. The molecule has 34 heavy (non-hydrogen) atoms. The molecule has 0 saturated heterocycles. The summed E-state index contributed by atoms with van der Waals surface area (Å²) < 4.78 is 38.9. The molecule has 9 nitrogen and oxygen atoms in total. The van der Waals surface area contributed by atoms with Crippen molar-refractivity contribution in [2.45, 2.75) is 40.2 Å². The van der Waals surface area contributed by atoms with Crippen LogP contribution in [0.5, 0.6) is 0 Å². The standard InChI is InChI=1S/C23H27F2N5O4/c1-6-33-22(32)18-13(2)28-21(19-15(24)8-7-9-16(19)25)30-20(18)29-14(10-26)11-27-12-17(31)34-23(3,4)5/h7-11H,6,12,26H2,1-5H3,(H,28,29,30). The number of carbonyl (C=O) groups excluding carboxylic acids is 2. The quantitative estimate of drug-likeness (QED) is 0.438. The van der Waals surface area contributed by atoms with Crippen molar-refractivity contribution < 1.29 is 27.8 Å². The normalized spacial score (nSPS) is 12.0. The van der Waals surface area contributed by atoms with E-state index < -0.39 is 34.7 Å². The van der Waals surface area contributed by atoms with Crippen molar-refractivity contribution in [3.63, 3.8) is 0 Å². The van der Waals surface area contributed by atoms with Crippen LogP contribution in [0.3, 0.4) is 0 Å². The highest BCUT2D eigenvalue weighted by molar-refractivity contribution is 5.97. The predicted octanol–water partition coefficient (Wildman–Crippen LogP) is 3.53. The highest BCUT2D eigenvalue weighted by atomic mass is 19.1. The molecular formula is C23H27F2N5O4. The zero-order chi connectivity index (χ0) is 25.5. The Morgan fingerprint density at radius 3 is 2.41 bits per heavy atom. The number of aromatic nitrogens is 2. The molecule has 2 rings (SSSR count). The topological polar surface area (TPSA) is 129 Å². The Hall–Kier alpha value is -3.89. The van der Waals surface area contributed by atoms with Gasteiger partial charge in [-0.15, -0.1) is 0 Å². The number of esters is 2. The van der Waals surface area contributed by atoms with Crippen molar-refractivity contribution in [3.05, 3.63) is 53.0 Å². The molecule has 0 aliphatic carbocycles. The molecule has 2 aromatic rings. The average Bonchev–Trinajstić information content (AvgIpc) is 2.71. The lowest BCUT2D eigenvalue weighted by Gasteiger charge is -2.18. The number of halogens is 2. The van der Waals surface area contributed by atoms with Gasteiger partial charge in [0.15, 0.2) is 5.82 Å². The number of aliphatic imine (C=N–C) groups is 1. The highest BCUT2D eigenvalue weighted by Gasteiger charge is 2.23. The first kappa shape index (κ1) is 26.4. The van der Waals surface area contributed by atoms with E-state index >= 15 is 0 Å². The van der Waals surface area contributed by atoms with E-state index in [4.69, 9.17) is 15.2 Å². The summed E-state index contributed by atoms with van der Waals surface area (Å²) in [5.41, 5.74) is 4.74. The molecule has 182 valence electrons. The molecule has 0 amide bonds. The molecule has 1 aromatic carbocycles. The van der Waals surface area contributed by atoms with Crippen LogP contribution >= 0.6 is 0 Å². The first-order chi connectivity index (χ1) is 16.0. The second-order valence-corrected chi connectivity index (χ2v) is 7.98. The first-order valence-electron chi connectivity index (χ1n) is 10.4. The van der Waals surface area contributed by atoms with E-state index in [1.807, 2.05) is 0 Å². The number of allylic oxidation sites excluding steroid dienone is 1. The average molecular weight is 475 g/mol. The number of nitrogens with zero attached hydrogens (tertiary/aromatic N) is 3. The molecule has 0 saturated carbocycles. The molecular weight excluding hydrogens is 448 g/mol. The number of aryl methyl sites for hydroxylation is 1. The van der Waals surface area contributed by atoms with Crippen molar-refractivity contribution in [3.8, 4) is 11.4 Å². The van der Waals surface area contributed by atoms with Gasteiger partial charge >= 0.3 is 11.9 Å². The summed E-state index contributed by atoms with van der Waals surface area (Å²) in [4.78, 5) is 36.6. The Morgan fingerprint density at radius 2 is 1.85 bits per heavy atom. The van der Waals surface area contributed by atoms with Crippen LogP contribution in [0, 0.1) is 18.6 Å². The predicted molar refractivity (Wildman–Crippen MR) is 123 cm³/mol. The van der Waals surface area contributed by atoms with E-state index in [1.54, 1.807) is 27.7 Å². The van der Waals surface area contributed by atoms with Crippen molar-refractivity contribution in [2.75, 3.05) is 18.5 Å². The number of nitrogens with two attached hydrogens (primary N) is 1. The van der Waals surface area contributed by atoms with E-state index in [-0.39, 0.29) is 41.7 Å². The van der Waals surface area contributed by atoms with Gasteiger partial charge in [0.2, 0.25) is 0 Å². The van der Waals surface area contributed by atoms with E-state index in [1.165, 1.54) is 19.2 Å². The van der Waals surface area contributed by atoms with E-state index in [2.05, 4.69) is 20.3 Å². The van der Waals surface area contributed by atoms with Gasteiger partial charge in [-0.2, -0.15) is 0 Å². The zero-order valence-electron chi connectivity index (χ0n) is 19.6. The highest BCUT2D eigenvalue weighted by Crippen LogP contribution is 2.27. The SMILES string of the molecule is CCOC(=O)c1c(C)nc(-c2c(F)cccc2F)nc1NC(C=NCC(=O)OC(C)(C)C)=CN. The van der Waals surface area contributed by atoms with Gasteiger partial charge in [0.25, 0.3) is 0 Å². The van der Waals surface area contributed by atoms with Gasteiger partial charge in [0, 0.05) is 12.4 Å². The molecule has 0 bridgehead atoms. The van der Waals surface area contributed by atoms with Crippen molar-refractivity contribution in [2.24, 2.45) is 10.7 Å². The molecule has 0 unspecified atom stereocenters. The third kappa shape index (κ3) is 7.06. The number of nitrogens with one attached hydrogen (secondary N) is 1. The summed E-state index contributed by atoms with van der Waals surface area (Å²) in [5.74, 6) is -3.44. The minimum Gasteiger partial charge on any atom is -0.462 e. The fourth-order valence-electron chi connectivity index (χ4n) is 2.78. The summed E-state index contributed by atoms with van der Waals surface area (Å²) in [6.45, 7) is 8.08. The van der Waals surface area contributed by atoms with Gasteiger partial charge in [-0.1, -0.05) is 6.07 Å². The third-order valence-electron chi connectivity index (χ3n) is 4.07. The number of rotatable bonds is 8. The number of hydrogen-bond donors (Lipinski definition) is 2. The molecule has 0 aliphatic rings. The molecule has 11 heteroatoms. The van der Waals surface area contributed by atoms with Crippen LogP contribution in [-0.4, -0.2) is 46.9 Å². The summed E-state index contributed by atoms with van der Waals surface area (Å²) >= 11 is 0. The second-order valence-electron chi connectivity index (χ2n) is 7.98. The molecule has 3 N–H and O–H groups in total. The zero-order valence-corrected chi connectivity index (χ0v) is 19.6. The van der Waals surface area contributed by atoms with Crippen molar-refractivity contribution in [1.82, 2.24) is 9.97 Å². The van der Waals surface area contributed by atoms with Crippen LogP contribution in [0.4, 0.5) is 14.6 Å². The Bertz CT molecular complexity index is 1110. The number of carbonyl (C=O) groups is 2. The largest absolute Gasteiger partial charge is 0.462 e. The van der Waals surface area contributed by atoms with E-state index in [9.17, 15) is 18.4 Å². The van der Waals surface area contributed by atoms with E-state index in [0.29, 0.717) is 0 Å². The van der Waals surface area contributed by atoms with Crippen LogP contribution in [0.15, 0.2) is 35.1 Å². The summed E-state index contributed by atoms with van der Waals surface area (Å²) in [7, 11) is 0. The molecule has 0 atom stereocenters. The summed E-state index contributed by atoms with van der Waals surface area (Å²) in [6, 6.07) is 3.35. The second kappa shape index (κ2) is 11.3. The van der Waals surface area contributed by atoms with Crippen LogP contribution in [0.2, 0.25) is 0 Å². The molecule has 0 spiro atoms. The third-order valence-corrected chi connectivity index (χ3v) is 4.07. The van der Waals surface area contributed by atoms with Gasteiger partial charge < -0.3 is 20.5 Å². The van der Waals surface area contributed by atoms with Gasteiger partial charge in [-0.05, 0) is 46.8 Å². The molecule has 1 aromatic heterocycles. The van der Waals surface area contributed by atoms with E-state index in [0.717, 1.165) is 18.3 Å². The molecule has 0 aliphatic heterocycles. The van der Waals surface area contributed by atoms with Crippen LogP contribution < -0.4 is 11.1 Å². The first-order valence-corrected chi connectivity index (χ1v) is 10.4. The lowest BCUT2D eigenvalue weighted by atomic mass is 10.1. The van der Waals surface area contributed by atoms with Crippen LogP contribution in [0.25, 0.3) is 11.4 Å². The Balaban J connectivity index is 2.44. The van der Waals surface area contributed by atoms with Crippen LogP contribution in [0.1, 0.15) is 43.7 Å². The van der Waals surface area contributed by atoms with Gasteiger partial charge in [0.1, 0.15) is 35.2 Å². The van der Waals surface area contributed by atoms with Crippen molar-refractivity contribution >= 4 is 24.0 Å². The maximum absolute atomic E-state index is 14.3. The lowest BCUT2D eigenvalue weighted by molar-refractivity contribution is -0.152. The lowest BCUT2D eigenvalue weighted by Crippen LogP contribution is -2.25. The maximum Gasteiger partial charge on any atom is 0.343 e. The fourth-order valence-corrected chi connectivity index (χ4v) is 2.78. The molecule has 0 radical (unpaired) electrons. The maximum atomic E-state index is 14.3. The Morgan fingerprint density at radius 1 is 1.21 bits per heavy atom. The number of benzene rings is 1. The minimum absolute atomic E-state index is 0.0535. The van der Waals surface area contributed by atoms with Crippen molar-refractivity contribution in [1.29, 1.82) is 0 Å². The Labute approximate surface area is 196 Å². The fraction of sp³-hybridized carbons (Fsp3) is 0.348. The smallest absolute Gasteiger partial charge is 0.343 e.